The molecule has 0 aromatic heterocycles. The van der Waals surface area contributed by atoms with Crippen molar-refractivity contribution >= 4 is 5.91 Å². The number of ether oxygens (including phenoxy) is 1. The van der Waals surface area contributed by atoms with Crippen LogP contribution in [0, 0.1) is 5.82 Å². The summed E-state index contributed by atoms with van der Waals surface area (Å²) < 4.78 is 18.9. The molecule has 2 fully saturated rings. The zero-order valence-corrected chi connectivity index (χ0v) is 12.4. The molecule has 3 rings (SSSR count). The minimum absolute atomic E-state index is 0.114. The van der Waals surface area contributed by atoms with E-state index < -0.39 is 5.82 Å². The molecule has 21 heavy (non-hydrogen) atoms. The average Bonchev–Trinajstić information content (AvgIpc) is 3.08. The lowest BCUT2D eigenvalue weighted by molar-refractivity contribution is -0.132. The van der Waals surface area contributed by atoms with E-state index in [2.05, 4.69) is 5.32 Å². The second kappa shape index (κ2) is 5.64. The maximum Gasteiger partial charge on any atom is 0.241 e. The lowest BCUT2D eigenvalue weighted by Crippen LogP contribution is -2.38. The van der Waals surface area contributed by atoms with Gasteiger partial charge in [-0.25, -0.2) is 4.39 Å². The molecular formula is C16H21FN2O2. The highest BCUT2D eigenvalue weighted by molar-refractivity contribution is 5.84. The Balaban J connectivity index is 1.91. The molecule has 1 saturated heterocycles. The van der Waals surface area contributed by atoms with Gasteiger partial charge in [-0.1, -0.05) is 18.9 Å². The molecule has 1 aromatic rings. The van der Waals surface area contributed by atoms with E-state index in [0.717, 1.165) is 31.2 Å². The van der Waals surface area contributed by atoms with Crippen molar-refractivity contribution in [3.05, 3.63) is 29.6 Å². The highest BCUT2D eigenvalue weighted by Crippen LogP contribution is 2.35. The molecule has 0 radical (unpaired) electrons. The standard InChI is InChI=1S/C16H21FN2O2/c1-10-16(20)19(12-5-3-4-6-12)15(18-10)11-7-8-14(21-2)13(17)9-11/h7-10,12,15,18H,3-6H2,1-2H3. The molecule has 2 aliphatic rings. The van der Waals surface area contributed by atoms with Gasteiger partial charge in [0.25, 0.3) is 0 Å². The van der Waals surface area contributed by atoms with Crippen LogP contribution in [-0.4, -0.2) is 30.0 Å². The minimum atomic E-state index is -0.393. The van der Waals surface area contributed by atoms with Gasteiger partial charge in [0.2, 0.25) is 5.91 Å². The Morgan fingerprint density at radius 3 is 2.67 bits per heavy atom. The summed E-state index contributed by atoms with van der Waals surface area (Å²) in [6.45, 7) is 1.87. The summed E-state index contributed by atoms with van der Waals surface area (Å²) in [5, 5.41) is 3.28. The molecule has 4 nitrogen and oxygen atoms in total. The van der Waals surface area contributed by atoms with Crippen molar-refractivity contribution in [3.63, 3.8) is 0 Å². The summed E-state index contributed by atoms with van der Waals surface area (Å²) in [5.41, 5.74) is 0.776. The van der Waals surface area contributed by atoms with Gasteiger partial charge in [-0.05, 0) is 37.5 Å². The number of amides is 1. The van der Waals surface area contributed by atoms with Crippen molar-refractivity contribution in [2.75, 3.05) is 7.11 Å². The smallest absolute Gasteiger partial charge is 0.241 e. The van der Waals surface area contributed by atoms with Crippen molar-refractivity contribution in [2.45, 2.75) is 50.9 Å². The topological polar surface area (TPSA) is 41.6 Å². The molecule has 5 heteroatoms. The van der Waals surface area contributed by atoms with Crippen LogP contribution in [-0.2, 0) is 4.79 Å². The van der Waals surface area contributed by atoms with Crippen LogP contribution in [0.3, 0.4) is 0 Å². The molecule has 1 aliphatic heterocycles. The molecule has 0 spiro atoms. The number of hydrogen-bond acceptors (Lipinski definition) is 3. The van der Waals surface area contributed by atoms with Gasteiger partial charge in [0.1, 0.15) is 6.17 Å². The molecule has 1 heterocycles. The number of methoxy groups -OCH3 is 1. The van der Waals surface area contributed by atoms with Crippen molar-refractivity contribution in [1.29, 1.82) is 0 Å². The number of carbonyl (C=O) groups is 1. The number of carbonyl (C=O) groups excluding carboxylic acids is 1. The molecule has 2 atom stereocenters. The first kappa shape index (κ1) is 14.3. The van der Waals surface area contributed by atoms with Gasteiger partial charge in [0.15, 0.2) is 11.6 Å². The first-order chi connectivity index (χ1) is 10.1. The Morgan fingerprint density at radius 1 is 1.33 bits per heavy atom. The molecule has 1 amide bonds. The van der Waals surface area contributed by atoms with Crippen LogP contribution in [0.15, 0.2) is 18.2 Å². The van der Waals surface area contributed by atoms with Gasteiger partial charge in [-0.3, -0.25) is 10.1 Å². The first-order valence-corrected chi connectivity index (χ1v) is 7.53. The lowest BCUT2D eigenvalue weighted by Gasteiger charge is -2.30. The van der Waals surface area contributed by atoms with Crippen molar-refractivity contribution in [2.24, 2.45) is 0 Å². The van der Waals surface area contributed by atoms with Crippen LogP contribution in [0.5, 0.6) is 5.75 Å². The van der Waals surface area contributed by atoms with E-state index in [-0.39, 0.29) is 29.9 Å². The van der Waals surface area contributed by atoms with Crippen LogP contribution in [0.2, 0.25) is 0 Å². The molecule has 1 N–H and O–H groups in total. The first-order valence-electron chi connectivity index (χ1n) is 7.53. The molecule has 1 aliphatic carbocycles. The zero-order valence-electron chi connectivity index (χ0n) is 12.4. The van der Waals surface area contributed by atoms with Crippen LogP contribution in [0.4, 0.5) is 4.39 Å². The zero-order chi connectivity index (χ0) is 15.0. The fraction of sp³-hybridized carbons (Fsp3) is 0.562. The normalized spacial score (nSPS) is 26.6. The lowest BCUT2D eigenvalue weighted by atomic mass is 10.1. The fourth-order valence-corrected chi connectivity index (χ4v) is 3.42. The SMILES string of the molecule is COc1ccc(C2NC(C)C(=O)N2C2CCCC2)cc1F. The Morgan fingerprint density at radius 2 is 2.05 bits per heavy atom. The molecule has 1 saturated carbocycles. The van der Waals surface area contributed by atoms with E-state index in [9.17, 15) is 9.18 Å². The summed E-state index contributed by atoms with van der Waals surface area (Å²) in [4.78, 5) is 14.3. The third kappa shape index (κ3) is 2.50. The van der Waals surface area contributed by atoms with E-state index in [0.29, 0.717) is 0 Å². The van der Waals surface area contributed by atoms with Crippen molar-refractivity contribution < 1.29 is 13.9 Å². The third-order valence-corrected chi connectivity index (χ3v) is 4.52. The number of halogens is 1. The van der Waals surface area contributed by atoms with Gasteiger partial charge in [0, 0.05) is 6.04 Å². The summed E-state index contributed by atoms with van der Waals surface area (Å²) >= 11 is 0. The molecule has 114 valence electrons. The Labute approximate surface area is 124 Å². The minimum Gasteiger partial charge on any atom is -0.494 e. The number of nitrogens with one attached hydrogen (secondary N) is 1. The molecule has 1 aromatic carbocycles. The maximum absolute atomic E-state index is 13.9. The summed E-state index contributed by atoms with van der Waals surface area (Å²) in [6, 6.07) is 4.95. The predicted molar refractivity (Wildman–Crippen MR) is 77.4 cm³/mol. The average molecular weight is 292 g/mol. The fourth-order valence-electron chi connectivity index (χ4n) is 3.42. The number of rotatable bonds is 3. The second-order valence-electron chi connectivity index (χ2n) is 5.87. The van der Waals surface area contributed by atoms with Gasteiger partial charge in [-0.2, -0.15) is 0 Å². The predicted octanol–water partition coefficient (Wildman–Crippen LogP) is 2.60. The maximum atomic E-state index is 13.9. The van der Waals surface area contributed by atoms with Crippen molar-refractivity contribution in [1.82, 2.24) is 10.2 Å². The van der Waals surface area contributed by atoms with Crippen LogP contribution in [0.1, 0.15) is 44.3 Å². The van der Waals surface area contributed by atoms with Crippen LogP contribution in [0.25, 0.3) is 0 Å². The Hall–Kier alpha value is -1.62. The van der Waals surface area contributed by atoms with E-state index in [1.807, 2.05) is 17.9 Å². The molecular weight excluding hydrogens is 271 g/mol. The number of hydrogen-bond donors (Lipinski definition) is 1. The van der Waals surface area contributed by atoms with E-state index in [4.69, 9.17) is 4.74 Å². The quantitative estimate of drug-likeness (QED) is 0.931. The van der Waals surface area contributed by atoms with E-state index in [1.54, 1.807) is 6.07 Å². The Kier molecular flexibility index (Phi) is 3.85. The Bertz CT molecular complexity index is 543. The molecule has 2 unspecified atom stereocenters. The monoisotopic (exact) mass is 292 g/mol. The van der Waals surface area contributed by atoms with E-state index in [1.165, 1.54) is 13.2 Å². The second-order valence-corrected chi connectivity index (χ2v) is 5.87. The summed E-state index contributed by atoms with van der Waals surface area (Å²) in [7, 11) is 1.45. The third-order valence-electron chi connectivity index (χ3n) is 4.52. The van der Waals surface area contributed by atoms with Crippen LogP contribution >= 0.6 is 0 Å². The summed E-state index contributed by atoms with van der Waals surface area (Å²) in [6.07, 6.45) is 4.15. The summed E-state index contributed by atoms with van der Waals surface area (Å²) in [5.74, 6) is -0.0539. The highest BCUT2D eigenvalue weighted by atomic mass is 19.1. The van der Waals surface area contributed by atoms with Gasteiger partial charge >= 0.3 is 0 Å². The van der Waals surface area contributed by atoms with Crippen LogP contribution < -0.4 is 10.1 Å². The largest absolute Gasteiger partial charge is 0.494 e. The van der Waals surface area contributed by atoms with Gasteiger partial charge < -0.3 is 9.64 Å². The number of benzene rings is 1. The molecule has 0 bridgehead atoms. The van der Waals surface area contributed by atoms with E-state index >= 15 is 0 Å². The van der Waals surface area contributed by atoms with Crippen molar-refractivity contribution in [3.8, 4) is 5.75 Å². The van der Waals surface area contributed by atoms with Gasteiger partial charge in [-0.15, -0.1) is 0 Å². The van der Waals surface area contributed by atoms with Gasteiger partial charge in [0.05, 0.1) is 13.2 Å². The number of nitrogens with zero attached hydrogens (tertiary/aromatic N) is 1. The highest BCUT2D eigenvalue weighted by Gasteiger charge is 2.41.